The molecule has 2 bridgehead atoms. The predicted molar refractivity (Wildman–Crippen MR) is 156 cm³/mol. The van der Waals surface area contributed by atoms with E-state index in [1.807, 2.05) is 42.5 Å². The fourth-order valence-electron chi connectivity index (χ4n) is 7.28. The van der Waals surface area contributed by atoms with E-state index >= 15 is 0 Å². The van der Waals surface area contributed by atoms with Crippen LogP contribution in [0.2, 0.25) is 0 Å². The predicted octanol–water partition coefficient (Wildman–Crippen LogP) is 6.46. The lowest BCUT2D eigenvalue weighted by atomic mass is 9.55. The number of carbonyl (C=O) groups is 3. The summed E-state index contributed by atoms with van der Waals surface area (Å²) < 4.78 is 0. The van der Waals surface area contributed by atoms with Crippen molar-refractivity contribution in [3.8, 4) is 0 Å². The average molecular weight is 527 g/mol. The maximum atomic E-state index is 14.0. The third-order valence-corrected chi connectivity index (χ3v) is 9.07. The van der Waals surface area contributed by atoms with Crippen molar-refractivity contribution < 1.29 is 14.4 Å². The van der Waals surface area contributed by atoms with Gasteiger partial charge in [0.15, 0.2) is 0 Å². The molecule has 8 rings (SSSR count). The lowest BCUT2D eigenvalue weighted by molar-refractivity contribution is -0.122. The second-order valence-corrected chi connectivity index (χ2v) is 10.9. The molecule has 3 aliphatic carbocycles. The number of anilines is 2. The number of amides is 3. The van der Waals surface area contributed by atoms with Crippen LogP contribution >= 0.6 is 0 Å². The Labute approximate surface area is 233 Å². The molecule has 0 unspecified atom stereocenters. The second kappa shape index (κ2) is 9.30. The van der Waals surface area contributed by atoms with Crippen LogP contribution in [0.25, 0.3) is 0 Å². The Kier molecular flexibility index (Phi) is 5.70. The van der Waals surface area contributed by atoms with Crippen molar-refractivity contribution >= 4 is 29.1 Å². The molecule has 1 heterocycles. The Morgan fingerprint density at radius 2 is 1.10 bits per heavy atom. The van der Waals surface area contributed by atoms with Gasteiger partial charge in [-0.15, -0.1) is 0 Å². The zero-order valence-electron chi connectivity index (χ0n) is 22.6. The van der Waals surface area contributed by atoms with Crippen molar-refractivity contribution in [3.63, 3.8) is 0 Å². The van der Waals surface area contributed by atoms with Crippen LogP contribution in [0.3, 0.4) is 0 Å². The molecule has 4 aliphatic rings. The number of para-hydroxylation sites is 1. The minimum absolute atomic E-state index is 0.139. The number of imide groups is 1. The van der Waals surface area contributed by atoms with E-state index in [0.717, 1.165) is 51.9 Å². The molecule has 0 saturated carbocycles. The Balaban J connectivity index is 1.20. The van der Waals surface area contributed by atoms with Gasteiger partial charge in [0.05, 0.1) is 17.5 Å². The fraction of sp³-hybridized carbons (Fsp3) is 0.229. The van der Waals surface area contributed by atoms with Crippen LogP contribution in [-0.4, -0.2) is 17.7 Å². The molecule has 4 aromatic carbocycles. The zero-order valence-corrected chi connectivity index (χ0v) is 22.6. The Hall–Kier alpha value is -4.51. The van der Waals surface area contributed by atoms with Crippen LogP contribution in [0.5, 0.6) is 0 Å². The molecule has 3 amide bonds. The topological polar surface area (TPSA) is 66.5 Å². The first-order valence-electron chi connectivity index (χ1n) is 14.1. The smallest absolute Gasteiger partial charge is 0.255 e. The van der Waals surface area contributed by atoms with E-state index in [4.69, 9.17) is 0 Å². The minimum atomic E-state index is -0.428. The summed E-state index contributed by atoms with van der Waals surface area (Å²) in [6.07, 6.45) is 1.64. The van der Waals surface area contributed by atoms with E-state index in [0.29, 0.717) is 11.3 Å². The zero-order chi connectivity index (χ0) is 27.5. The Bertz CT molecular complexity index is 1550. The molecular weight excluding hydrogens is 496 g/mol. The molecule has 1 fully saturated rings. The minimum Gasteiger partial charge on any atom is -0.321 e. The number of hydrogen-bond donors (Lipinski definition) is 1. The number of hydrogen-bond acceptors (Lipinski definition) is 3. The van der Waals surface area contributed by atoms with E-state index in [9.17, 15) is 14.4 Å². The first-order chi connectivity index (χ1) is 19.5. The van der Waals surface area contributed by atoms with Crippen LogP contribution in [0.15, 0.2) is 91.0 Å². The van der Waals surface area contributed by atoms with Gasteiger partial charge in [-0.2, -0.15) is 0 Å². The van der Waals surface area contributed by atoms with Gasteiger partial charge in [0.25, 0.3) is 5.91 Å². The van der Waals surface area contributed by atoms with E-state index in [1.54, 1.807) is 24.3 Å². The van der Waals surface area contributed by atoms with Crippen molar-refractivity contribution in [1.29, 1.82) is 0 Å². The van der Waals surface area contributed by atoms with Crippen molar-refractivity contribution in [2.75, 3.05) is 10.2 Å². The number of benzene rings is 4. The summed E-state index contributed by atoms with van der Waals surface area (Å²) in [5.74, 6) is -1.66. The standard InChI is InChI=1S/C35H30N2O3/c1-3-20-10-9-11-21(4-2)32(20)36-33(38)22-16-18-23(19-17-22)37-34(39)30-28-24-12-5-6-13-25(24)29(31(30)35(37)40)27-15-8-7-14-26(27)28/h5-19,28-31H,3-4H2,1-2H3,(H,36,38)/t28?,29?,30-,31-/m0/s1. The van der Waals surface area contributed by atoms with Gasteiger partial charge in [-0.05, 0) is 70.5 Å². The van der Waals surface area contributed by atoms with Gasteiger partial charge < -0.3 is 5.32 Å². The Morgan fingerprint density at radius 1 is 0.650 bits per heavy atom. The molecule has 5 heteroatoms. The lowest BCUT2D eigenvalue weighted by Crippen LogP contribution is -2.41. The van der Waals surface area contributed by atoms with Crippen LogP contribution in [-0.2, 0) is 22.4 Å². The van der Waals surface area contributed by atoms with Crippen LogP contribution in [0.4, 0.5) is 11.4 Å². The largest absolute Gasteiger partial charge is 0.321 e. The number of aryl methyl sites for hydroxylation is 2. The quantitative estimate of drug-likeness (QED) is 0.304. The average Bonchev–Trinajstić information content (AvgIpc) is 3.27. The van der Waals surface area contributed by atoms with E-state index in [1.165, 1.54) is 4.90 Å². The highest BCUT2D eigenvalue weighted by molar-refractivity contribution is 6.23. The molecule has 1 saturated heterocycles. The van der Waals surface area contributed by atoms with Gasteiger partial charge >= 0.3 is 0 Å². The van der Waals surface area contributed by atoms with Gasteiger partial charge in [-0.1, -0.05) is 80.6 Å². The molecule has 0 aromatic heterocycles. The van der Waals surface area contributed by atoms with Gasteiger partial charge in [0.1, 0.15) is 0 Å². The fourth-order valence-corrected chi connectivity index (χ4v) is 7.28. The molecule has 0 spiro atoms. The van der Waals surface area contributed by atoms with Crippen molar-refractivity contribution in [2.45, 2.75) is 38.5 Å². The third-order valence-electron chi connectivity index (χ3n) is 9.07. The summed E-state index contributed by atoms with van der Waals surface area (Å²) in [4.78, 5) is 42.5. The first kappa shape index (κ1) is 24.5. The van der Waals surface area contributed by atoms with Crippen molar-refractivity contribution in [3.05, 3.63) is 130 Å². The lowest BCUT2D eigenvalue weighted by Gasteiger charge is -2.45. The number of carbonyl (C=O) groups excluding carboxylic acids is 3. The number of nitrogens with one attached hydrogen (secondary N) is 1. The molecule has 198 valence electrons. The molecule has 1 aliphatic heterocycles. The number of nitrogens with zero attached hydrogens (tertiary/aromatic N) is 1. The number of rotatable bonds is 5. The molecule has 4 aromatic rings. The first-order valence-corrected chi connectivity index (χ1v) is 14.1. The maximum Gasteiger partial charge on any atom is 0.255 e. The monoisotopic (exact) mass is 526 g/mol. The molecule has 1 N–H and O–H groups in total. The summed E-state index contributed by atoms with van der Waals surface area (Å²) in [6, 6.07) is 29.4. The van der Waals surface area contributed by atoms with Crippen molar-refractivity contribution in [2.24, 2.45) is 11.8 Å². The van der Waals surface area contributed by atoms with E-state index < -0.39 is 11.8 Å². The molecule has 5 nitrogen and oxygen atoms in total. The Morgan fingerprint density at radius 3 is 1.52 bits per heavy atom. The van der Waals surface area contributed by atoms with Crippen molar-refractivity contribution in [1.82, 2.24) is 0 Å². The van der Waals surface area contributed by atoms with E-state index in [-0.39, 0.29) is 29.6 Å². The molecule has 40 heavy (non-hydrogen) atoms. The summed E-state index contributed by atoms with van der Waals surface area (Å²) in [6.45, 7) is 4.15. The van der Waals surface area contributed by atoms with Gasteiger partial charge in [0.2, 0.25) is 11.8 Å². The van der Waals surface area contributed by atoms with Crippen LogP contribution in [0.1, 0.15) is 69.4 Å². The SMILES string of the molecule is CCc1cccc(CC)c1NC(=O)c1ccc(N2C(=O)[C@H]3C4c5ccccc5C(c5ccccc54)[C@@H]3C2=O)cc1. The summed E-state index contributed by atoms with van der Waals surface area (Å²) in [5.41, 5.74) is 8.66. The molecular formula is C35H30N2O3. The van der Waals surface area contributed by atoms with Crippen LogP contribution < -0.4 is 10.2 Å². The summed E-state index contributed by atoms with van der Waals surface area (Å²) in [7, 11) is 0. The van der Waals surface area contributed by atoms with Gasteiger partial charge in [-0.25, -0.2) is 4.90 Å². The van der Waals surface area contributed by atoms with Gasteiger partial charge in [-0.3, -0.25) is 14.4 Å². The van der Waals surface area contributed by atoms with E-state index in [2.05, 4.69) is 43.4 Å². The highest BCUT2D eigenvalue weighted by Crippen LogP contribution is 2.61. The maximum absolute atomic E-state index is 14.0. The third kappa shape index (κ3) is 3.43. The highest BCUT2D eigenvalue weighted by Gasteiger charge is 2.61. The normalized spacial score (nSPS) is 22.1. The summed E-state index contributed by atoms with van der Waals surface area (Å²) in [5, 5.41) is 3.10. The second-order valence-electron chi connectivity index (χ2n) is 10.9. The molecule has 0 radical (unpaired) electrons. The summed E-state index contributed by atoms with van der Waals surface area (Å²) >= 11 is 0. The molecule has 2 atom stereocenters. The van der Waals surface area contributed by atoms with Gasteiger partial charge in [0, 0.05) is 23.1 Å². The van der Waals surface area contributed by atoms with Crippen LogP contribution in [0, 0.1) is 11.8 Å². The highest BCUT2D eigenvalue weighted by atomic mass is 16.2.